The fraction of sp³-hybridized carbons (Fsp3) is 0.143. The van der Waals surface area contributed by atoms with Crippen molar-refractivity contribution >= 4 is 28.2 Å². The van der Waals surface area contributed by atoms with Gasteiger partial charge in [0.05, 0.1) is 5.39 Å². The minimum absolute atomic E-state index is 0.284. The normalized spacial score (nSPS) is 11.1. The van der Waals surface area contributed by atoms with Gasteiger partial charge in [0.25, 0.3) is 0 Å². The second-order valence-corrected chi connectivity index (χ2v) is 5.22. The molecule has 3 aromatic rings. The molecular weight excluding hydrogens is 272 g/mol. The van der Waals surface area contributed by atoms with Gasteiger partial charge in [-0.1, -0.05) is 39.6 Å². The third-order valence-corrected chi connectivity index (χ3v) is 3.71. The molecule has 0 radical (unpaired) electrons. The number of aromatic nitrogens is 4. The van der Waals surface area contributed by atoms with Crippen LogP contribution in [0.3, 0.4) is 0 Å². The molecule has 0 aliphatic heterocycles. The molecule has 3 rings (SSSR count). The molecule has 5 nitrogen and oxygen atoms in total. The lowest BCUT2D eigenvalue weighted by atomic mass is 10.2. The molecule has 0 saturated carbocycles. The summed E-state index contributed by atoms with van der Waals surface area (Å²) in [6.07, 6.45) is 1.75. The van der Waals surface area contributed by atoms with E-state index in [0.29, 0.717) is 22.3 Å². The predicted molar refractivity (Wildman–Crippen MR) is 75.6 cm³/mol. The van der Waals surface area contributed by atoms with Gasteiger partial charge in [-0.05, 0) is 17.1 Å². The summed E-state index contributed by atoms with van der Waals surface area (Å²) in [4.78, 5) is 8.50. The quantitative estimate of drug-likeness (QED) is 0.315. The fourth-order valence-electron chi connectivity index (χ4n) is 2.04. The number of thioether (sulfide) groups is 1. The van der Waals surface area contributed by atoms with E-state index in [0.717, 1.165) is 10.9 Å². The fourth-order valence-corrected chi connectivity index (χ4v) is 2.59. The molecule has 0 N–H and O–H groups in total. The molecule has 0 aliphatic carbocycles. The molecule has 6 heteroatoms. The van der Waals surface area contributed by atoms with E-state index >= 15 is 0 Å². The molecule has 0 unspecified atom stereocenters. The topological polar surface area (TPSA) is 65.8 Å². The number of hydrogen-bond acceptors (Lipinski definition) is 5. The Morgan fingerprint density at radius 1 is 1.35 bits per heavy atom. The SMILES string of the molecule is C=CCSc1nc([O-])c2c3ccccc3nc(C)[n+]2n1. The first-order valence-corrected chi connectivity index (χ1v) is 7.09. The van der Waals surface area contributed by atoms with Crippen molar-refractivity contribution in [1.82, 2.24) is 15.1 Å². The Balaban J connectivity index is 2.34. The molecule has 0 fully saturated rings. The maximum absolute atomic E-state index is 12.3. The van der Waals surface area contributed by atoms with Crippen molar-refractivity contribution in [3.63, 3.8) is 0 Å². The zero-order valence-corrected chi connectivity index (χ0v) is 11.7. The van der Waals surface area contributed by atoms with E-state index in [2.05, 4.69) is 21.6 Å². The van der Waals surface area contributed by atoms with Crippen LogP contribution in [0, 0.1) is 6.92 Å². The zero-order chi connectivity index (χ0) is 14.1. The molecule has 20 heavy (non-hydrogen) atoms. The summed E-state index contributed by atoms with van der Waals surface area (Å²) >= 11 is 1.37. The highest BCUT2D eigenvalue weighted by atomic mass is 32.2. The molecule has 0 bridgehead atoms. The minimum atomic E-state index is -0.284. The summed E-state index contributed by atoms with van der Waals surface area (Å²) in [5, 5.41) is 17.9. The smallest absolute Gasteiger partial charge is 0.321 e. The van der Waals surface area contributed by atoms with E-state index in [1.54, 1.807) is 10.6 Å². The molecule has 0 atom stereocenters. The molecule has 1 aromatic carbocycles. The number of benzene rings is 1. The Hall–Kier alpha value is -2.21. The monoisotopic (exact) mass is 284 g/mol. The third kappa shape index (κ3) is 2.08. The van der Waals surface area contributed by atoms with Gasteiger partial charge in [0, 0.05) is 18.6 Å². The predicted octanol–water partition coefficient (Wildman–Crippen LogP) is 1.42. The van der Waals surface area contributed by atoms with Gasteiger partial charge in [-0.15, -0.1) is 6.58 Å². The summed E-state index contributed by atoms with van der Waals surface area (Å²) in [5.41, 5.74) is 1.24. The maximum atomic E-state index is 12.3. The Morgan fingerprint density at radius 3 is 2.95 bits per heavy atom. The molecule has 2 heterocycles. The second-order valence-electron chi connectivity index (χ2n) is 4.24. The first-order valence-electron chi connectivity index (χ1n) is 6.11. The minimum Gasteiger partial charge on any atom is -0.856 e. The first-order chi connectivity index (χ1) is 9.70. The third-order valence-electron chi connectivity index (χ3n) is 2.88. The van der Waals surface area contributed by atoms with Gasteiger partial charge in [-0.2, -0.15) is 0 Å². The van der Waals surface area contributed by atoms with Crippen molar-refractivity contribution in [2.24, 2.45) is 0 Å². The van der Waals surface area contributed by atoms with E-state index in [1.807, 2.05) is 31.2 Å². The van der Waals surface area contributed by atoms with Crippen LogP contribution in [0.5, 0.6) is 5.88 Å². The number of rotatable bonds is 3. The van der Waals surface area contributed by atoms with E-state index in [9.17, 15) is 5.11 Å². The number of hydrogen-bond donors (Lipinski definition) is 0. The second kappa shape index (κ2) is 5.05. The van der Waals surface area contributed by atoms with Crippen LogP contribution in [0.1, 0.15) is 5.82 Å². The van der Waals surface area contributed by atoms with Gasteiger partial charge in [-0.3, -0.25) is 0 Å². The average Bonchev–Trinajstić information content (AvgIpc) is 2.45. The largest absolute Gasteiger partial charge is 0.856 e. The molecule has 0 aliphatic rings. The summed E-state index contributed by atoms with van der Waals surface area (Å²) < 4.78 is 1.57. The highest BCUT2D eigenvalue weighted by molar-refractivity contribution is 7.99. The van der Waals surface area contributed by atoms with Crippen LogP contribution in [-0.4, -0.2) is 20.8 Å². The van der Waals surface area contributed by atoms with Crippen LogP contribution in [0.25, 0.3) is 16.4 Å². The molecule has 2 aromatic heterocycles. The first kappa shape index (κ1) is 12.8. The Labute approximate surface area is 120 Å². The van der Waals surface area contributed by atoms with Crippen molar-refractivity contribution in [2.45, 2.75) is 12.1 Å². The molecular formula is C14H12N4OS. The Kier molecular flexibility index (Phi) is 3.23. The highest BCUT2D eigenvalue weighted by Crippen LogP contribution is 2.22. The van der Waals surface area contributed by atoms with Crippen LogP contribution in [0.15, 0.2) is 42.1 Å². The summed E-state index contributed by atoms with van der Waals surface area (Å²) in [6.45, 7) is 5.47. The lowest BCUT2D eigenvalue weighted by molar-refractivity contribution is -0.598. The molecule has 0 saturated heterocycles. The lowest BCUT2D eigenvalue weighted by Gasteiger charge is -2.09. The van der Waals surface area contributed by atoms with Gasteiger partial charge < -0.3 is 5.11 Å². The maximum Gasteiger partial charge on any atom is 0.321 e. The van der Waals surface area contributed by atoms with Crippen LogP contribution < -0.4 is 9.62 Å². The van der Waals surface area contributed by atoms with E-state index in [4.69, 9.17) is 0 Å². The Bertz CT molecular complexity index is 819. The molecule has 0 amide bonds. The number of para-hydroxylation sites is 1. The van der Waals surface area contributed by atoms with E-state index < -0.39 is 0 Å². The van der Waals surface area contributed by atoms with Gasteiger partial charge in [0.1, 0.15) is 0 Å². The van der Waals surface area contributed by atoms with Gasteiger partial charge in [0.15, 0.2) is 11.0 Å². The summed E-state index contributed by atoms with van der Waals surface area (Å²) in [7, 11) is 0. The molecule has 100 valence electrons. The number of aryl methyl sites for hydroxylation is 1. The van der Waals surface area contributed by atoms with Crippen molar-refractivity contribution in [3.05, 3.63) is 42.7 Å². The molecule has 0 spiro atoms. The van der Waals surface area contributed by atoms with Gasteiger partial charge >= 0.3 is 5.82 Å². The standard InChI is InChI=1S/C14H12N4OS/c1-3-8-20-14-16-13(19)12-10-6-4-5-7-11(10)15-9(2)18(12)17-14/h3-7H,1,8H2,2H3. The van der Waals surface area contributed by atoms with E-state index in [1.165, 1.54) is 11.8 Å². The van der Waals surface area contributed by atoms with E-state index in [-0.39, 0.29) is 5.88 Å². The number of nitrogens with zero attached hydrogens (tertiary/aromatic N) is 4. The summed E-state index contributed by atoms with van der Waals surface area (Å²) in [5.74, 6) is 1.04. The average molecular weight is 284 g/mol. The van der Waals surface area contributed by atoms with Crippen LogP contribution in [0.2, 0.25) is 0 Å². The van der Waals surface area contributed by atoms with Gasteiger partial charge in [0.2, 0.25) is 5.16 Å². The zero-order valence-electron chi connectivity index (χ0n) is 10.9. The lowest BCUT2D eigenvalue weighted by Crippen LogP contribution is -2.34. The van der Waals surface area contributed by atoms with Crippen LogP contribution in [-0.2, 0) is 0 Å². The van der Waals surface area contributed by atoms with Crippen molar-refractivity contribution in [2.75, 3.05) is 5.75 Å². The van der Waals surface area contributed by atoms with Crippen LogP contribution >= 0.6 is 11.8 Å². The van der Waals surface area contributed by atoms with Gasteiger partial charge in [-0.25, -0.2) is 4.98 Å². The highest BCUT2D eigenvalue weighted by Gasteiger charge is 2.17. The number of fused-ring (bicyclic) bond motifs is 3. The van der Waals surface area contributed by atoms with Crippen molar-refractivity contribution in [1.29, 1.82) is 0 Å². The van der Waals surface area contributed by atoms with Crippen molar-refractivity contribution < 1.29 is 9.62 Å². The summed E-state index contributed by atoms with van der Waals surface area (Å²) in [6, 6.07) is 7.50. The van der Waals surface area contributed by atoms with Crippen LogP contribution in [0.4, 0.5) is 0 Å². The Morgan fingerprint density at radius 2 is 2.15 bits per heavy atom. The van der Waals surface area contributed by atoms with Crippen molar-refractivity contribution in [3.8, 4) is 5.88 Å².